The van der Waals surface area contributed by atoms with Crippen molar-refractivity contribution in [3.05, 3.63) is 35.6 Å². The van der Waals surface area contributed by atoms with Crippen molar-refractivity contribution in [2.45, 2.75) is 20.3 Å². The van der Waals surface area contributed by atoms with Gasteiger partial charge in [0.1, 0.15) is 0 Å². The SMILES string of the molecule is C/C=C(\C)[SiH2]OCC12C=CC(C=C1)C2. The number of hydrogen-bond donors (Lipinski definition) is 0. The lowest BCUT2D eigenvalue weighted by atomic mass is 9.92. The summed E-state index contributed by atoms with van der Waals surface area (Å²) in [6.45, 7) is 5.15. The van der Waals surface area contributed by atoms with Crippen molar-refractivity contribution in [3.8, 4) is 0 Å². The highest BCUT2D eigenvalue weighted by atomic mass is 28.2. The molecule has 0 aromatic carbocycles. The maximum atomic E-state index is 5.86. The fraction of sp³-hybridized carbons (Fsp3) is 0.500. The molecule has 0 aromatic rings. The summed E-state index contributed by atoms with van der Waals surface area (Å²) in [6, 6.07) is 0. The molecule has 1 nitrogen and oxygen atoms in total. The van der Waals surface area contributed by atoms with Crippen LogP contribution in [0.3, 0.4) is 0 Å². The second-order valence-corrected chi connectivity index (χ2v) is 6.26. The number of hydrogen-bond acceptors (Lipinski definition) is 1. The van der Waals surface area contributed by atoms with Crippen LogP contribution in [-0.4, -0.2) is 16.4 Å². The van der Waals surface area contributed by atoms with E-state index in [0.29, 0.717) is 5.92 Å². The lowest BCUT2D eigenvalue weighted by Crippen LogP contribution is -2.20. The van der Waals surface area contributed by atoms with E-state index in [1.54, 1.807) is 0 Å². The van der Waals surface area contributed by atoms with Gasteiger partial charge in [-0.25, -0.2) is 0 Å². The Kier molecular flexibility index (Phi) is 2.75. The van der Waals surface area contributed by atoms with Crippen LogP contribution in [0.15, 0.2) is 35.6 Å². The molecule has 14 heavy (non-hydrogen) atoms. The first kappa shape index (κ1) is 9.93. The van der Waals surface area contributed by atoms with E-state index in [9.17, 15) is 0 Å². The van der Waals surface area contributed by atoms with E-state index >= 15 is 0 Å². The van der Waals surface area contributed by atoms with E-state index in [-0.39, 0.29) is 5.41 Å². The molecular formula is C12H18OSi. The van der Waals surface area contributed by atoms with Gasteiger partial charge in [0.05, 0.1) is 0 Å². The predicted octanol–water partition coefficient (Wildman–Crippen LogP) is 2.14. The first-order valence-electron chi connectivity index (χ1n) is 5.32. The summed E-state index contributed by atoms with van der Waals surface area (Å²) < 4.78 is 5.86. The molecule has 0 saturated heterocycles. The maximum Gasteiger partial charge on any atom is 0.187 e. The summed E-state index contributed by atoms with van der Waals surface area (Å²) in [4.78, 5) is 0. The molecular weight excluding hydrogens is 188 g/mol. The smallest absolute Gasteiger partial charge is 0.187 e. The molecule has 0 amide bonds. The minimum absolute atomic E-state index is 0.270. The van der Waals surface area contributed by atoms with Crippen LogP contribution in [0.25, 0.3) is 0 Å². The third-order valence-corrected chi connectivity index (χ3v) is 4.43. The molecule has 2 aliphatic rings. The minimum atomic E-state index is -0.432. The first-order valence-corrected chi connectivity index (χ1v) is 6.61. The van der Waals surface area contributed by atoms with E-state index < -0.39 is 9.76 Å². The van der Waals surface area contributed by atoms with E-state index in [1.807, 2.05) is 0 Å². The molecule has 0 radical (unpaired) electrons. The van der Waals surface area contributed by atoms with E-state index in [1.165, 1.54) is 11.6 Å². The molecule has 76 valence electrons. The average molecular weight is 206 g/mol. The molecule has 0 fully saturated rings. The van der Waals surface area contributed by atoms with Gasteiger partial charge in [-0.15, -0.1) is 0 Å². The fourth-order valence-corrected chi connectivity index (χ4v) is 3.07. The monoisotopic (exact) mass is 206 g/mol. The van der Waals surface area contributed by atoms with Crippen LogP contribution in [0.5, 0.6) is 0 Å². The Morgan fingerprint density at radius 3 is 2.79 bits per heavy atom. The van der Waals surface area contributed by atoms with Gasteiger partial charge in [0.15, 0.2) is 9.76 Å². The number of allylic oxidation sites excluding steroid dienone is 4. The topological polar surface area (TPSA) is 9.23 Å². The molecule has 2 heteroatoms. The molecule has 2 rings (SSSR count). The van der Waals surface area contributed by atoms with Crippen molar-refractivity contribution in [3.63, 3.8) is 0 Å². The largest absolute Gasteiger partial charge is 0.418 e. The summed E-state index contributed by atoms with van der Waals surface area (Å²) in [5, 5.41) is 1.45. The molecule has 2 aliphatic carbocycles. The van der Waals surface area contributed by atoms with Crippen molar-refractivity contribution < 1.29 is 4.43 Å². The van der Waals surface area contributed by atoms with Crippen molar-refractivity contribution >= 4 is 9.76 Å². The average Bonchev–Trinajstić information content (AvgIpc) is 2.77. The molecule has 0 spiro atoms. The summed E-state index contributed by atoms with van der Waals surface area (Å²) in [5.74, 6) is 0.697. The first-order chi connectivity index (χ1) is 6.74. The summed E-state index contributed by atoms with van der Waals surface area (Å²) in [5.41, 5.74) is 0.270. The summed E-state index contributed by atoms with van der Waals surface area (Å²) in [6.07, 6.45) is 12.7. The highest BCUT2D eigenvalue weighted by Gasteiger charge is 2.35. The van der Waals surface area contributed by atoms with Crippen molar-refractivity contribution in [1.29, 1.82) is 0 Å². The standard InChI is InChI=1S/C12H18OSi/c1-3-10(2)14-13-9-12-6-4-11(8-12)5-7-12/h3-7,11H,8-9,14H2,1-2H3/b10-3+. The Labute approximate surface area is 88.5 Å². The number of rotatable bonds is 4. The molecule has 0 heterocycles. The van der Waals surface area contributed by atoms with Crippen LogP contribution in [0.2, 0.25) is 0 Å². The number of fused-ring (bicyclic) bond motifs is 2. The summed E-state index contributed by atoms with van der Waals surface area (Å²) >= 11 is 0. The highest BCUT2D eigenvalue weighted by molar-refractivity contribution is 6.37. The van der Waals surface area contributed by atoms with Crippen LogP contribution in [-0.2, 0) is 4.43 Å². The Hall–Kier alpha value is -0.603. The van der Waals surface area contributed by atoms with Crippen LogP contribution in [0.4, 0.5) is 0 Å². The molecule has 0 N–H and O–H groups in total. The van der Waals surface area contributed by atoms with Gasteiger partial charge >= 0.3 is 0 Å². The van der Waals surface area contributed by atoms with Gasteiger partial charge in [0.25, 0.3) is 0 Å². The van der Waals surface area contributed by atoms with Crippen molar-refractivity contribution in [2.75, 3.05) is 6.61 Å². The van der Waals surface area contributed by atoms with Crippen LogP contribution in [0.1, 0.15) is 20.3 Å². The van der Waals surface area contributed by atoms with Crippen LogP contribution < -0.4 is 0 Å². The van der Waals surface area contributed by atoms with Gasteiger partial charge in [-0.3, -0.25) is 0 Å². The van der Waals surface area contributed by atoms with Gasteiger partial charge in [-0.2, -0.15) is 0 Å². The molecule has 0 aliphatic heterocycles. The quantitative estimate of drug-likeness (QED) is 0.506. The lowest BCUT2D eigenvalue weighted by molar-refractivity contribution is 0.241. The third-order valence-electron chi connectivity index (χ3n) is 3.16. The van der Waals surface area contributed by atoms with E-state index in [2.05, 4.69) is 44.2 Å². The highest BCUT2D eigenvalue weighted by Crippen LogP contribution is 2.43. The maximum absolute atomic E-state index is 5.86. The second kappa shape index (κ2) is 3.87. The molecule has 0 unspecified atom stereocenters. The Morgan fingerprint density at radius 1 is 1.57 bits per heavy atom. The van der Waals surface area contributed by atoms with E-state index in [4.69, 9.17) is 4.43 Å². The normalized spacial score (nSPS) is 35.3. The Morgan fingerprint density at radius 2 is 2.29 bits per heavy atom. The zero-order valence-electron chi connectivity index (χ0n) is 8.99. The molecule has 0 saturated carbocycles. The van der Waals surface area contributed by atoms with Gasteiger partial charge < -0.3 is 4.43 Å². The van der Waals surface area contributed by atoms with Crippen LogP contribution >= 0.6 is 0 Å². The third kappa shape index (κ3) is 1.91. The Bertz CT molecular complexity index is 287. The van der Waals surface area contributed by atoms with E-state index in [0.717, 1.165) is 6.61 Å². The van der Waals surface area contributed by atoms with Crippen molar-refractivity contribution in [2.24, 2.45) is 11.3 Å². The second-order valence-electron chi connectivity index (χ2n) is 4.45. The van der Waals surface area contributed by atoms with Gasteiger partial charge in [0, 0.05) is 12.0 Å². The van der Waals surface area contributed by atoms with Crippen molar-refractivity contribution in [1.82, 2.24) is 0 Å². The van der Waals surface area contributed by atoms with Gasteiger partial charge in [-0.1, -0.05) is 35.6 Å². The zero-order valence-corrected chi connectivity index (χ0v) is 10.4. The lowest BCUT2D eigenvalue weighted by Gasteiger charge is -2.21. The predicted molar refractivity (Wildman–Crippen MR) is 62.7 cm³/mol. The summed E-state index contributed by atoms with van der Waals surface area (Å²) in [7, 11) is -0.432. The van der Waals surface area contributed by atoms with Crippen LogP contribution in [0, 0.1) is 11.3 Å². The molecule has 2 bridgehead atoms. The molecule has 0 aromatic heterocycles. The molecule has 0 atom stereocenters. The Balaban J connectivity index is 1.81. The zero-order chi connectivity index (χ0) is 10.0. The fourth-order valence-electron chi connectivity index (χ4n) is 2.10. The van der Waals surface area contributed by atoms with Gasteiger partial charge in [-0.05, 0) is 26.2 Å². The minimum Gasteiger partial charge on any atom is -0.418 e. The van der Waals surface area contributed by atoms with Gasteiger partial charge in [0.2, 0.25) is 0 Å².